The molecule has 0 saturated carbocycles. The lowest BCUT2D eigenvalue weighted by molar-refractivity contribution is -0.132. The maximum Gasteiger partial charge on any atom is 0.222 e. The lowest BCUT2D eigenvalue weighted by atomic mass is 10.0. The molecule has 2 atom stereocenters. The summed E-state index contributed by atoms with van der Waals surface area (Å²) >= 11 is 1.71. The SMILES string of the molecule is CCC(=O)N1CCC[C@H]1[C@H]1CCCN1c1ncnc2ccsc12. The van der Waals surface area contributed by atoms with Crippen molar-refractivity contribution < 1.29 is 4.79 Å². The Hall–Kier alpha value is -1.69. The van der Waals surface area contributed by atoms with E-state index in [1.807, 2.05) is 6.92 Å². The zero-order valence-corrected chi connectivity index (χ0v) is 14.3. The number of aromatic nitrogens is 2. The number of amides is 1. The summed E-state index contributed by atoms with van der Waals surface area (Å²) in [6.45, 7) is 3.91. The van der Waals surface area contributed by atoms with E-state index in [1.165, 1.54) is 11.1 Å². The van der Waals surface area contributed by atoms with Gasteiger partial charge in [0.2, 0.25) is 5.91 Å². The first-order valence-electron chi connectivity index (χ1n) is 8.54. The summed E-state index contributed by atoms with van der Waals surface area (Å²) in [4.78, 5) is 25.8. The Kier molecular flexibility index (Phi) is 3.93. The number of thiophene rings is 1. The van der Waals surface area contributed by atoms with Crippen molar-refractivity contribution in [1.29, 1.82) is 0 Å². The molecule has 0 aromatic carbocycles. The third-order valence-corrected chi connectivity index (χ3v) is 6.06. The van der Waals surface area contributed by atoms with Gasteiger partial charge in [-0.25, -0.2) is 9.97 Å². The van der Waals surface area contributed by atoms with Gasteiger partial charge in [0.05, 0.1) is 22.3 Å². The van der Waals surface area contributed by atoms with Crippen LogP contribution in [0.25, 0.3) is 10.2 Å². The number of carbonyl (C=O) groups is 1. The van der Waals surface area contributed by atoms with E-state index in [9.17, 15) is 4.79 Å². The summed E-state index contributed by atoms with van der Waals surface area (Å²) in [6.07, 6.45) is 6.83. The van der Waals surface area contributed by atoms with Gasteiger partial charge in [0.1, 0.15) is 12.1 Å². The van der Waals surface area contributed by atoms with Crippen LogP contribution in [-0.4, -0.2) is 45.9 Å². The summed E-state index contributed by atoms with van der Waals surface area (Å²) in [6, 6.07) is 2.79. The molecule has 0 N–H and O–H groups in total. The number of fused-ring (bicyclic) bond motifs is 1. The van der Waals surface area contributed by atoms with Crippen LogP contribution in [0.2, 0.25) is 0 Å². The van der Waals surface area contributed by atoms with Crippen LogP contribution in [0, 0.1) is 0 Å². The quantitative estimate of drug-likeness (QED) is 0.868. The first-order chi connectivity index (χ1) is 11.3. The molecule has 2 aliphatic rings. The first-order valence-corrected chi connectivity index (χ1v) is 9.42. The maximum absolute atomic E-state index is 12.3. The van der Waals surface area contributed by atoms with E-state index >= 15 is 0 Å². The second kappa shape index (κ2) is 6.07. The number of anilines is 1. The van der Waals surface area contributed by atoms with Crippen molar-refractivity contribution >= 4 is 33.3 Å². The summed E-state index contributed by atoms with van der Waals surface area (Å²) in [5.41, 5.74) is 1.03. The molecule has 2 aromatic heterocycles. The van der Waals surface area contributed by atoms with Gasteiger partial charge in [0.15, 0.2) is 0 Å². The van der Waals surface area contributed by atoms with E-state index in [-0.39, 0.29) is 0 Å². The van der Waals surface area contributed by atoms with Crippen molar-refractivity contribution in [2.45, 2.75) is 51.1 Å². The number of nitrogens with zero attached hydrogens (tertiary/aromatic N) is 4. The van der Waals surface area contributed by atoms with Gasteiger partial charge in [-0.2, -0.15) is 0 Å². The van der Waals surface area contributed by atoms with Crippen molar-refractivity contribution in [3.05, 3.63) is 17.8 Å². The fraction of sp³-hybridized carbons (Fsp3) is 0.588. The number of carbonyl (C=O) groups excluding carboxylic acids is 1. The molecule has 6 heteroatoms. The first kappa shape index (κ1) is 14.9. The maximum atomic E-state index is 12.3. The average Bonchev–Trinajstić information content (AvgIpc) is 3.31. The smallest absolute Gasteiger partial charge is 0.222 e. The molecule has 5 nitrogen and oxygen atoms in total. The Balaban J connectivity index is 1.67. The molecule has 0 spiro atoms. The molecule has 2 saturated heterocycles. The molecule has 23 heavy (non-hydrogen) atoms. The van der Waals surface area contributed by atoms with Crippen LogP contribution >= 0.6 is 11.3 Å². The zero-order chi connectivity index (χ0) is 15.8. The fourth-order valence-electron chi connectivity index (χ4n) is 4.14. The highest BCUT2D eigenvalue weighted by atomic mass is 32.1. The molecule has 4 heterocycles. The highest BCUT2D eigenvalue weighted by Gasteiger charge is 2.40. The van der Waals surface area contributed by atoms with Crippen LogP contribution in [0.15, 0.2) is 17.8 Å². The predicted molar refractivity (Wildman–Crippen MR) is 92.8 cm³/mol. The third kappa shape index (κ3) is 2.49. The lowest BCUT2D eigenvalue weighted by Gasteiger charge is -2.35. The lowest BCUT2D eigenvalue weighted by Crippen LogP contribution is -2.48. The summed E-state index contributed by atoms with van der Waals surface area (Å²) in [7, 11) is 0. The van der Waals surface area contributed by atoms with Gasteiger partial charge in [-0.15, -0.1) is 11.3 Å². The topological polar surface area (TPSA) is 49.3 Å². The summed E-state index contributed by atoms with van der Waals surface area (Å²) < 4.78 is 1.17. The minimum Gasteiger partial charge on any atom is -0.350 e. The van der Waals surface area contributed by atoms with Crippen LogP contribution in [-0.2, 0) is 4.79 Å². The van der Waals surface area contributed by atoms with Crippen LogP contribution in [0.1, 0.15) is 39.0 Å². The number of rotatable bonds is 3. The van der Waals surface area contributed by atoms with Gasteiger partial charge in [-0.1, -0.05) is 6.92 Å². The largest absolute Gasteiger partial charge is 0.350 e. The number of hydrogen-bond acceptors (Lipinski definition) is 5. The van der Waals surface area contributed by atoms with Gasteiger partial charge in [0, 0.05) is 19.5 Å². The number of likely N-dealkylation sites (tertiary alicyclic amines) is 1. The Labute approximate surface area is 140 Å². The molecule has 2 aliphatic heterocycles. The molecule has 0 radical (unpaired) electrons. The van der Waals surface area contributed by atoms with Crippen LogP contribution in [0.4, 0.5) is 5.82 Å². The Bertz CT molecular complexity index is 715. The average molecular weight is 330 g/mol. The molecule has 2 fully saturated rings. The Morgan fingerprint density at radius 1 is 1.26 bits per heavy atom. The zero-order valence-electron chi connectivity index (χ0n) is 13.4. The summed E-state index contributed by atoms with van der Waals surface area (Å²) in [5, 5.41) is 2.08. The molecule has 122 valence electrons. The van der Waals surface area contributed by atoms with Gasteiger partial charge in [-0.05, 0) is 37.1 Å². The van der Waals surface area contributed by atoms with Gasteiger partial charge in [0.25, 0.3) is 0 Å². The molecular formula is C17H22N4OS. The van der Waals surface area contributed by atoms with E-state index in [0.29, 0.717) is 24.4 Å². The monoisotopic (exact) mass is 330 g/mol. The highest BCUT2D eigenvalue weighted by Crippen LogP contribution is 2.36. The molecule has 4 rings (SSSR count). The molecule has 0 bridgehead atoms. The van der Waals surface area contributed by atoms with E-state index in [0.717, 1.165) is 43.7 Å². The standard InChI is InChI=1S/C17H22N4OS/c1-2-15(22)20-8-3-5-13(20)14-6-4-9-21(14)17-16-12(7-10-23-16)18-11-19-17/h7,10-11,13-14H,2-6,8-9H2,1H3/t13-,14+/m0/s1. The molecule has 2 aromatic rings. The van der Waals surface area contributed by atoms with Gasteiger partial charge < -0.3 is 9.80 Å². The molecule has 0 unspecified atom stereocenters. The van der Waals surface area contributed by atoms with E-state index in [1.54, 1.807) is 17.7 Å². The molecular weight excluding hydrogens is 308 g/mol. The minimum atomic E-state index is 0.295. The Morgan fingerprint density at radius 3 is 2.96 bits per heavy atom. The normalized spacial score (nSPS) is 24.7. The van der Waals surface area contributed by atoms with Crippen molar-refractivity contribution in [2.24, 2.45) is 0 Å². The van der Waals surface area contributed by atoms with E-state index in [2.05, 4.69) is 31.2 Å². The van der Waals surface area contributed by atoms with Crippen LogP contribution in [0.5, 0.6) is 0 Å². The van der Waals surface area contributed by atoms with Gasteiger partial charge >= 0.3 is 0 Å². The second-order valence-corrected chi connectivity index (χ2v) is 7.30. The fourth-order valence-corrected chi connectivity index (χ4v) is 4.99. The Morgan fingerprint density at radius 2 is 2.09 bits per heavy atom. The number of hydrogen-bond donors (Lipinski definition) is 0. The third-order valence-electron chi connectivity index (χ3n) is 5.16. The van der Waals surface area contributed by atoms with Crippen molar-refractivity contribution in [3.8, 4) is 0 Å². The van der Waals surface area contributed by atoms with Crippen molar-refractivity contribution in [2.75, 3.05) is 18.0 Å². The highest BCUT2D eigenvalue weighted by molar-refractivity contribution is 7.17. The van der Waals surface area contributed by atoms with Crippen molar-refractivity contribution in [1.82, 2.24) is 14.9 Å². The van der Waals surface area contributed by atoms with Gasteiger partial charge in [-0.3, -0.25) is 4.79 Å². The second-order valence-electron chi connectivity index (χ2n) is 6.39. The van der Waals surface area contributed by atoms with Crippen molar-refractivity contribution in [3.63, 3.8) is 0 Å². The van der Waals surface area contributed by atoms with Crippen LogP contribution < -0.4 is 4.90 Å². The summed E-state index contributed by atoms with van der Waals surface area (Å²) in [5.74, 6) is 1.35. The predicted octanol–water partition coefficient (Wildman–Crippen LogP) is 3.06. The van der Waals surface area contributed by atoms with E-state index < -0.39 is 0 Å². The minimum absolute atomic E-state index is 0.295. The molecule has 1 amide bonds. The van der Waals surface area contributed by atoms with Crippen LogP contribution in [0.3, 0.4) is 0 Å². The van der Waals surface area contributed by atoms with E-state index in [4.69, 9.17) is 0 Å². The molecule has 0 aliphatic carbocycles.